The van der Waals surface area contributed by atoms with E-state index in [1.807, 2.05) is 6.92 Å². The Morgan fingerprint density at radius 3 is 1.96 bits per heavy atom. The van der Waals surface area contributed by atoms with Crippen molar-refractivity contribution < 1.29 is 39.7 Å². The Hall–Kier alpha value is -0.320. The number of aliphatic hydroxyl groups excluding tert-OH is 5. The minimum Gasteiger partial charge on any atom is -0.390 e. The van der Waals surface area contributed by atoms with Crippen molar-refractivity contribution in [3.05, 3.63) is 0 Å². The van der Waals surface area contributed by atoms with Gasteiger partial charge in [0.25, 0.3) is 0 Å². The Balaban J connectivity index is 2.08. The molecule has 0 amide bonds. The summed E-state index contributed by atoms with van der Waals surface area (Å²) in [6.07, 6.45) is -8.98. The molecule has 2 aliphatic rings. The van der Waals surface area contributed by atoms with Gasteiger partial charge in [-0.05, 0) is 12.8 Å². The molecule has 0 radical (unpaired) electrons. The molecule has 8 heteroatoms. The van der Waals surface area contributed by atoms with Gasteiger partial charge in [0.15, 0.2) is 12.6 Å². The first-order valence-corrected chi connectivity index (χ1v) is 8.18. The van der Waals surface area contributed by atoms with Gasteiger partial charge in [-0.15, -0.1) is 0 Å². The van der Waals surface area contributed by atoms with Crippen LogP contribution < -0.4 is 0 Å². The molecule has 2 saturated heterocycles. The van der Waals surface area contributed by atoms with Crippen molar-refractivity contribution in [2.24, 2.45) is 5.92 Å². The second-order valence-electron chi connectivity index (χ2n) is 6.35. The van der Waals surface area contributed by atoms with Crippen molar-refractivity contribution in [2.45, 2.75) is 88.9 Å². The van der Waals surface area contributed by atoms with Gasteiger partial charge in [0, 0.05) is 5.92 Å². The van der Waals surface area contributed by atoms with Gasteiger partial charge in [-0.2, -0.15) is 0 Å². The van der Waals surface area contributed by atoms with Crippen LogP contribution in [0.1, 0.15) is 33.6 Å². The summed E-state index contributed by atoms with van der Waals surface area (Å²) in [6, 6.07) is 0. The first kappa shape index (κ1) is 19.0. The molecule has 2 aliphatic heterocycles. The molecule has 0 aromatic rings. The van der Waals surface area contributed by atoms with Crippen LogP contribution in [0.15, 0.2) is 0 Å². The lowest BCUT2D eigenvalue weighted by Crippen LogP contribution is -2.62. The van der Waals surface area contributed by atoms with E-state index in [1.54, 1.807) is 13.8 Å². The normalized spacial score (nSPS) is 51.7. The number of rotatable bonds is 4. The highest BCUT2D eigenvalue weighted by molar-refractivity contribution is 4.92. The largest absolute Gasteiger partial charge is 0.390 e. The van der Waals surface area contributed by atoms with Crippen LogP contribution in [0.5, 0.6) is 0 Å². The molecule has 0 aromatic carbocycles. The topological polar surface area (TPSA) is 129 Å². The van der Waals surface area contributed by atoms with E-state index in [0.29, 0.717) is 12.8 Å². The highest BCUT2D eigenvalue weighted by Gasteiger charge is 2.48. The van der Waals surface area contributed by atoms with E-state index in [4.69, 9.17) is 14.2 Å². The summed E-state index contributed by atoms with van der Waals surface area (Å²) in [7, 11) is 0. The van der Waals surface area contributed by atoms with Crippen LogP contribution in [0.25, 0.3) is 0 Å². The van der Waals surface area contributed by atoms with Crippen molar-refractivity contribution in [3.63, 3.8) is 0 Å². The van der Waals surface area contributed by atoms with Crippen molar-refractivity contribution in [3.8, 4) is 0 Å². The molecule has 10 atom stereocenters. The molecule has 136 valence electrons. The molecule has 5 N–H and O–H groups in total. The molecule has 0 spiro atoms. The summed E-state index contributed by atoms with van der Waals surface area (Å²) in [4.78, 5) is 0. The third-order valence-corrected chi connectivity index (χ3v) is 4.82. The Bertz CT molecular complexity index is 378. The van der Waals surface area contributed by atoms with Gasteiger partial charge in [-0.25, -0.2) is 0 Å². The second-order valence-corrected chi connectivity index (χ2v) is 6.35. The van der Waals surface area contributed by atoms with E-state index in [-0.39, 0.29) is 12.0 Å². The lowest BCUT2D eigenvalue weighted by molar-refractivity contribution is -0.354. The first-order valence-electron chi connectivity index (χ1n) is 8.18. The Morgan fingerprint density at radius 1 is 0.783 bits per heavy atom. The molecular formula is C15H28O8. The predicted molar refractivity (Wildman–Crippen MR) is 78.2 cm³/mol. The van der Waals surface area contributed by atoms with Gasteiger partial charge < -0.3 is 39.7 Å². The summed E-state index contributed by atoms with van der Waals surface area (Å²) < 4.78 is 16.3. The molecule has 0 aliphatic carbocycles. The fraction of sp³-hybridized carbons (Fsp3) is 1.00. The van der Waals surface area contributed by atoms with E-state index in [2.05, 4.69) is 0 Å². The van der Waals surface area contributed by atoms with E-state index in [0.717, 1.165) is 0 Å². The van der Waals surface area contributed by atoms with Crippen LogP contribution in [0.3, 0.4) is 0 Å². The van der Waals surface area contributed by atoms with Crippen molar-refractivity contribution >= 4 is 0 Å². The van der Waals surface area contributed by atoms with E-state index < -0.39 is 49.2 Å². The summed E-state index contributed by atoms with van der Waals surface area (Å²) in [6.45, 7) is 5.40. The zero-order valence-corrected chi connectivity index (χ0v) is 13.6. The molecule has 8 nitrogen and oxygen atoms in total. The van der Waals surface area contributed by atoms with Gasteiger partial charge in [0.2, 0.25) is 0 Å². The lowest BCUT2D eigenvalue weighted by Gasteiger charge is -2.45. The first-order chi connectivity index (χ1) is 10.8. The van der Waals surface area contributed by atoms with Crippen molar-refractivity contribution in [2.75, 3.05) is 0 Å². The molecule has 23 heavy (non-hydrogen) atoms. The highest BCUT2D eigenvalue weighted by atomic mass is 16.7. The zero-order valence-electron chi connectivity index (χ0n) is 13.6. The lowest BCUT2D eigenvalue weighted by atomic mass is 9.89. The molecule has 2 fully saturated rings. The number of hydrogen-bond acceptors (Lipinski definition) is 8. The maximum Gasteiger partial charge on any atom is 0.187 e. The van der Waals surface area contributed by atoms with Gasteiger partial charge in [0.05, 0.1) is 18.3 Å². The third kappa shape index (κ3) is 3.69. The number of ether oxygens (including phenoxy) is 3. The summed E-state index contributed by atoms with van der Waals surface area (Å²) in [5.74, 6) is -0.276. The third-order valence-electron chi connectivity index (χ3n) is 4.82. The predicted octanol–water partition coefficient (Wildman–Crippen LogP) is -1.29. The quantitative estimate of drug-likeness (QED) is 0.429. The molecule has 0 aromatic heterocycles. The maximum absolute atomic E-state index is 10.2. The zero-order chi connectivity index (χ0) is 17.3. The minimum absolute atomic E-state index is 0.276. The summed E-state index contributed by atoms with van der Waals surface area (Å²) in [5.41, 5.74) is 0. The summed E-state index contributed by atoms with van der Waals surface area (Å²) in [5, 5.41) is 50.4. The molecule has 0 bridgehead atoms. The number of hydrogen-bond donors (Lipinski definition) is 5. The van der Waals surface area contributed by atoms with Crippen LogP contribution >= 0.6 is 0 Å². The average Bonchev–Trinajstić information content (AvgIpc) is 2.54. The molecule has 2 rings (SSSR count). The van der Waals surface area contributed by atoms with Crippen LogP contribution in [-0.2, 0) is 14.2 Å². The molecule has 0 saturated carbocycles. The van der Waals surface area contributed by atoms with E-state index in [9.17, 15) is 25.5 Å². The van der Waals surface area contributed by atoms with Crippen LogP contribution in [-0.4, -0.2) is 80.8 Å². The van der Waals surface area contributed by atoms with E-state index >= 15 is 0 Å². The second kappa shape index (κ2) is 7.71. The smallest absolute Gasteiger partial charge is 0.187 e. The SMILES string of the molecule is CCC1O[C@@H](OC2C(O)OC(CC)[C@@H](O)[C@@H]2O)C(O)[C@@H](O)[C@@H]1C. The molecular weight excluding hydrogens is 308 g/mol. The Kier molecular flexibility index (Phi) is 6.37. The molecule has 2 heterocycles. The summed E-state index contributed by atoms with van der Waals surface area (Å²) >= 11 is 0. The van der Waals surface area contributed by atoms with Gasteiger partial charge >= 0.3 is 0 Å². The Morgan fingerprint density at radius 2 is 1.39 bits per heavy atom. The van der Waals surface area contributed by atoms with Crippen LogP contribution in [0.4, 0.5) is 0 Å². The van der Waals surface area contributed by atoms with Gasteiger partial charge in [-0.3, -0.25) is 0 Å². The number of aliphatic hydroxyl groups is 5. The van der Waals surface area contributed by atoms with Crippen molar-refractivity contribution in [1.29, 1.82) is 0 Å². The standard InChI is InChI=1S/C15H28O8/c1-4-7-6(3)9(16)12(19)15(22-7)23-13-11(18)10(17)8(5-2)21-14(13)20/h6-20H,4-5H2,1-3H3/t6-,7?,8?,9+,10-,11+,12?,13?,14?,15+/m1/s1. The highest BCUT2D eigenvalue weighted by Crippen LogP contribution is 2.31. The fourth-order valence-corrected chi connectivity index (χ4v) is 3.21. The van der Waals surface area contributed by atoms with Gasteiger partial charge in [0.1, 0.15) is 24.4 Å². The monoisotopic (exact) mass is 336 g/mol. The van der Waals surface area contributed by atoms with E-state index in [1.165, 1.54) is 0 Å². The van der Waals surface area contributed by atoms with Crippen LogP contribution in [0.2, 0.25) is 0 Å². The maximum atomic E-state index is 10.2. The average molecular weight is 336 g/mol. The fourth-order valence-electron chi connectivity index (χ4n) is 3.21. The van der Waals surface area contributed by atoms with Gasteiger partial charge in [-0.1, -0.05) is 20.8 Å². The Labute approximate surface area is 135 Å². The van der Waals surface area contributed by atoms with Crippen LogP contribution in [0, 0.1) is 5.92 Å². The minimum atomic E-state index is -1.47. The van der Waals surface area contributed by atoms with Crippen molar-refractivity contribution in [1.82, 2.24) is 0 Å². The molecule has 5 unspecified atom stereocenters.